The van der Waals surface area contributed by atoms with E-state index in [9.17, 15) is 4.79 Å². The number of aryl methyl sites for hydroxylation is 3. The maximum absolute atomic E-state index is 10.6. The van der Waals surface area contributed by atoms with Gasteiger partial charge in [-0.05, 0) is 13.0 Å². The van der Waals surface area contributed by atoms with E-state index in [1.54, 1.807) is 17.1 Å². The molecule has 0 aliphatic rings. The second-order valence-electron chi connectivity index (χ2n) is 3.44. The van der Waals surface area contributed by atoms with Crippen LogP contribution in [0.1, 0.15) is 16.3 Å². The molecule has 0 radical (unpaired) electrons. The van der Waals surface area contributed by atoms with Crippen LogP contribution in [0.2, 0.25) is 0 Å². The molecule has 0 aliphatic carbocycles. The van der Waals surface area contributed by atoms with E-state index in [-0.39, 0.29) is 5.69 Å². The number of carboxylic acids is 1. The lowest BCUT2D eigenvalue weighted by molar-refractivity contribution is 0.0689. The average Bonchev–Trinajstić information content (AvgIpc) is 2.83. The number of imidazole rings is 1. The Morgan fingerprint density at radius 3 is 2.81 bits per heavy atom. The van der Waals surface area contributed by atoms with Crippen LogP contribution in [-0.4, -0.2) is 30.4 Å². The number of carbonyl (C=O) groups is 1. The highest BCUT2D eigenvalue weighted by Gasteiger charge is 2.06. The molecule has 2 aromatic heterocycles. The van der Waals surface area contributed by atoms with Crippen LogP contribution < -0.4 is 0 Å². The van der Waals surface area contributed by atoms with Crippen molar-refractivity contribution in [2.24, 2.45) is 0 Å². The first kappa shape index (κ1) is 10.4. The van der Waals surface area contributed by atoms with Crippen molar-refractivity contribution >= 4 is 5.97 Å². The molecule has 6 heteroatoms. The molecular formula is C10H12N4O2. The van der Waals surface area contributed by atoms with Gasteiger partial charge in [0.1, 0.15) is 5.82 Å². The van der Waals surface area contributed by atoms with E-state index >= 15 is 0 Å². The Balaban J connectivity index is 2.00. The van der Waals surface area contributed by atoms with E-state index in [4.69, 9.17) is 5.11 Å². The number of hydrogen-bond donors (Lipinski definition) is 1. The molecule has 2 heterocycles. The van der Waals surface area contributed by atoms with Crippen molar-refractivity contribution in [1.29, 1.82) is 0 Å². The molecule has 0 saturated carbocycles. The third-order valence-corrected chi connectivity index (χ3v) is 2.35. The van der Waals surface area contributed by atoms with Crippen molar-refractivity contribution in [2.45, 2.75) is 20.0 Å². The molecule has 0 unspecified atom stereocenters. The number of aromatic nitrogens is 4. The molecule has 0 bridgehead atoms. The van der Waals surface area contributed by atoms with Crippen molar-refractivity contribution in [3.63, 3.8) is 0 Å². The van der Waals surface area contributed by atoms with Gasteiger partial charge in [-0.2, -0.15) is 5.10 Å². The zero-order valence-electron chi connectivity index (χ0n) is 8.87. The maximum atomic E-state index is 10.6. The Morgan fingerprint density at radius 1 is 1.44 bits per heavy atom. The number of aromatic carboxylic acids is 1. The summed E-state index contributed by atoms with van der Waals surface area (Å²) in [6, 6.07) is 1.49. The number of nitrogens with zero attached hydrogens (tertiary/aromatic N) is 4. The minimum Gasteiger partial charge on any atom is -0.476 e. The molecule has 0 spiro atoms. The fourth-order valence-electron chi connectivity index (χ4n) is 1.45. The molecule has 6 nitrogen and oxygen atoms in total. The molecule has 84 valence electrons. The summed E-state index contributed by atoms with van der Waals surface area (Å²) in [5.74, 6) is -0.0665. The topological polar surface area (TPSA) is 72.9 Å². The van der Waals surface area contributed by atoms with Gasteiger partial charge in [0.05, 0.1) is 6.54 Å². The normalized spacial score (nSPS) is 10.6. The highest BCUT2D eigenvalue weighted by Crippen LogP contribution is 1.99. The lowest BCUT2D eigenvalue weighted by Gasteiger charge is -2.04. The smallest absolute Gasteiger partial charge is 0.356 e. The highest BCUT2D eigenvalue weighted by atomic mass is 16.4. The van der Waals surface area contributed by atoms with Gasteiger partial charge in [-0.25, -0.2) is 9.78 Å². The monoisotopic (exact) mass is 220 g/mol. The van der Waals surface area contributed by atoms with Crippen molar-refractivity contribution in [3.8, 4) is 0 Å². The van der Waals surface area contributed by atoms with Crippen LogP contribution in [0.3, 0.4) is 0 Å². The maximum Gasteiger partial charge on any atom is 0.356 e. The molecule has 2 rings (SSSR count). The van der Waals surface area contributed by atoms with Crippen LogP contribution in [0.15, 0.2) is 24.7 Å². The molecular weight excluding hydrogens is 208 g/mol. The van der Waals surface area contributed by atoms with Crippen molar-refractivity contribution in [2.75, 3.05) is 0 Å². The van der Waals surface area contributed by atoms with E-state index < -0.39 is 5.97 Å². The van der Waals surface area contributed by atoms with Crippen LogP contribution in [0.5, 0.6) is 0 Å². The Kier molecular flexibility index (Phi) is 2.72. The quantitative estimate of drug-likeness (QED) is 0.826. The summed E-state index contributed by atoms with van der Waals surface area (Å²) < 4.78 is 3.60. The standard InChI is InChI=1S/C10H12N4O2/c1-8-11-3-5-13(8)6-7-14-4-2-9(12-14)10(15)16/h2-5H,6-7H2,1H3,(H,15,16). The minimum absolute atomic E-state index is 0.0716. The molecule has 16 heavy (non-hydrogen) atoms. The Hall–Kier alpha value is -2.11. The Labute approximate surface area is 92.2 Å². The third-order valence-electron chi connectivity index (χ3n) is 2.35. The van der Waals surface area contributed by atoms with Gasteiger partial charge in [0.2, 0.25) is 0 Å². The van der Waals surface area contributed by atoms with E-state index in [1.807, 2.05) is 17.7 Å². The predicted molar refractivity (Wildman–Crippen MR) is 56.2 cm³/mol. The van der Waals surface area contributed by atoms with Gasteiger partial charge in [0.15, 0.2) is 5.69 Å². The van der Waals surface area contributed by atoms with Crippen LogP contribution in [0.4, 0.5) is 0 Å². The summed E-state index contributed by atoms with van der Waals surface area (Å²) >= 11 is 0. The number of hydrogen-bond acceptors (Lipinski definition) is 3. The molecule has 1 N–H and O–H groups in total. The zero-order valence-corrected chi connectivity index (χ0v) is 8.87. The minimum atomic E-state index is -1.00. The number of carboxylic acid groups (broad SMARTS) is 1. The van der Waals surface area contributed by atoms with Crippen LogP contribution in [0.25, 0.3) is 0 Å². The van der Waals surface area contributed by atoms with Crippen LogP contribution in [-0.2, 0) is 13.1 Å². The summed E-state index contributed by atoms with van der Waals surface area (Å²) in [5, 5.41) is 12.6. The van der Waals surface area contributed by atoms with E-state index in [0.29, 0.717) is 6.54 Å². The SMILES string of the molecule is Cc1nccn1CCn1ccc(C(=O)O)n1. The van der Waals surface area contributed by atoms with Crippen molar-refractivity contribution in [3.05, 3.63) is 36.2 Å². The lowest BCUT2D eigenvalue weighted by atomic mass is 10.5. The molecule has 0 aliphatic heterocycles. The first-order valence-corrected chi connectivity index (χ1v) is 4.91. The first-order chi connectivity index (χ1) is 7.66. The van der Waals surface area contributed by atoms with Gasteiger partial charge in [-0.3, -0.25) is 4.68 Å². The van der Waals surface area contributed by atoms with Gasteiger partial charge in [-0.1, -0.05) is 0 Å². The largest absolute Gasteiger partial charge is 0.476 e. The van der Waals surface area contributed by atoms with Gasteiger partial charge in [0.25, 0.3) is 0 Å². The average molecular weight is 220 g/mol. The predicted octanol–water partition coefficient (Wildman–Crippen LogP) is 0.786. The van der Waals surface area contributed by atoms with Gasteiger partial charge in [0, 0.05) is 25.1 Å². The molecule has 0 atom stereocenters. The summed E-state index contributed by atoms with van der Waals surface area (Å²) in [7, 11) is 0. The van der Waals surface area contributed by atoms with Gasteiger partial charge >= 0.3 is 5.97 Å². The number of rotatable bonds is 4. The fourth-order valence-corrected chi connectivity index (χ4v) is 1.45. The Bertz CT molecular complexity index is 500. The van der Waals surface area contributed by atoms with E-state index in [1.165, 1.54) is 6.07 Å². The van der Waals surface area contributed by atoms with Gasteiger partial charge in [-0.15, -0.1) is 0 Å². The zero-order chi connectivity index (χ0) is 11.5. The second-order valence-corrected chi connectivity index (χ2v) is 3.44. The van der Waals surface area contributed by atoms with Crippen LogP contribution >= 0.6 is 0 Å². The summed E-state index contributed by atoms with van der Waals surface area (Å²) in [4.78, 5) is 14.7. The summed E-state index contributed by atoms with van der Waals surface area (Å²) in [5.41, 5.74) is 0.0716. The third kappa shape index (κ3) is 2.10. The highest BCUT2D eigenvalue weighted by molar-refractivity contribution is 5.84. The van der Waals surface area contributed by atoms with Crippen molar-refractivity contribution in [1.82, 2.24) is 19.3 Å². The summed E-state index contributed by atoms with van der Waals surface area (Å²) in [6.07, 6.45) is 5.29. The fraction of sp³-hybridized carbons (Fsp3) is 0.300. The van der Waals surface area contributed by atoms with Gasteiger partial charge < -0.3 is 9.67 Å². The molecule has 0 aromatic carbocycles. The molecule has 0 saturated heterocycles. The van der Waals surface area contributed by atoms with Crippen molar-refractivity contribution < 1.29 is 9.90 Å². The molecule has 0 amide bonds. The van der Waals surface area contributed by atoms with Crippen LogP contribution in [0, 0.1) is 6.92 Å². The molecule has 2 aromatic rings. The Morgan fingerprint density at radius 2 is 2.25 bits per heavy atom. The molecule has 0 fully saturated rings. The second kappa shape index (κ2) is 4.18. The van der Waals surface area contributed by atoms with E-state index in [0.717, 1.165) is 12.4 Å². The lowest BCUT2D eigenvalue weighted by Crippen LogP contribution is -2.09. The summed E-state index contributed by atoms with van der Waals surface area (Å²) in [6.45, 7) is 3.28. The van der Waals surface area contributed by atoms with E-state index in [2.05, 4.69) is 10.1 Å². The first-order valence-electron chi connectivity index (χ1n) is 4.91.